The third-order valence-electron chi connectivity index (χ3n) is 2.27. The highest BCUT2D eigenvalue weighted by Crippen LogP contribution is 2.40. The fourth-order valence-corrected chi connectivity index (χ4v) is 2.67. The molecule has 4 nitrogen and oxygen atoms in total. The summed E-state index contributed by atoms with van der Waals surface area (Å²) >= 11 is 1.31. The molecular formula is C9H5NO3S. The molecule has 0 aliphatic heterocycles. The van der Waals surface area contributed by atoms with Crippen molar-refractivity contribution in [3.05, 3.63) is 27.6 Å². The number of thiophene rings is 1. The largest absolute Gasteiger partial charge is 0.477 e. The topological polar surface area (TPSA) is 63.3 Å². The lowest BCUT2D eigenvalue weighted by Crippen LogP contribution is -1.90. The molecule has 14 heavy (non-hydrogen) atoms. The van der Waals surface area contributed by atoms with Crippen LogP contribution in [0.3, 0.4) is 0 Å². The summed E-state index contributed by atoms with van der Waals surface area (Å²) in [5.41, 5.74) is 2.75. The van der Waals surface area contributed by atoms with Gasteiger partial charge >= 0.3 is 5.97 Å². The third kappa shape index (κ3) is 0.871. The molecule has 1 N–H and O–H groups in total. The summed E-state index contributed by atoms with van der Waals surface area (Å²) < 4.78 is 4.82. The van der Waals surface area contributed by atoms with Crippen LogP contribution in [0, 0.1) is 0 Å². The smallest absolute Gasteiger partial charge is 0.345 e. The number of hydrogen-bond acceptors (Lipinski definition) is 4. The van der Waals surface area contributed by atoms with Crippen LogP contribution >= 0.6 is 11.3 Å². The van der Waals surface area contributed by atoms with Gasteiger partial charge in [-0.1, -0.05) is 5.16 Å². The van der Waals surface area contributed by atoms with E-state index >= 15 is 0 Å². The molecule has 0 atom stereocenters. The summed E-state index contributed by atoms with van der Waals surface area (Å²) in [4.78, 5) is 12.2. The first-order valence-corrected chi connectivity index (χ1v) is 4.87. The van der Waals surface area contributed by atoms with Gasteiger partial charge in [0.2, 0.25) is 0 Å². The molecule has 0 bridgehead atoms. The predicted molar refractivity (Wildman–Crippen MR) is 49.6 cm³/mol. The van der Waals surface area contributed by atoms with E-state index in [9.17, 15) is 4.79 Å². The van der Waals surface area contributed by atoms with Gasteiger partial charge in [-0.05, 0) is 6.07 Å². The van der Waals surface area contributed by atoms with Crippen LogP contribution in [0.1, 0.15) is 20.1 Å². The molecule has 0 fully saturated rings. The Morgan fingerprint density at radius 1 is 1.64 bits per heavy atom. The van der Waals surface area contributed by atoms with Crippen molar-refractivity contribution >= 4 is 17.3 Å². The molecule has 1 aliphatic carbocycles. The van der Waals surface area contributed by atoms with E-state index in [0.29, 0.717) is 4.88 Å². The van der Waals surface area contributed by atoms with Gasteiger partial charge in [-0.3, -0.25) is 0 Å². The van der Waals surface area contributed by atoms with E-state index in [2.05, 4.69) is 5.16 Å². The third-order valence-corrected chi connectivity index (χ3v) is 3.39. The Morgan fingerprint density at radius 3 is 3.29 bits per heavy atom. The minimum Gasteiger partial charge on any atom is -0.477 e. The molecule has 1 aliphatic rings. The Balaban J connectivity index is 2.20. The molecule has 0 saturated heterocycles. The van der Waals surface area contributed by atoms with E-state index in [1.54, 1.807) is 12.3 Å². The molecule has 0 amide bonds. The summed E-state index contributed by atoms with van der Waals surface area (Å²) in [6, 6.07) is 1.66. The lowest BCUT2D eigenvalue weighted by Gasteiger charge is -1.85. The number of carbonyl (C=O) groups is 1. The highest BCUT2D eigenvalue weighted by molar-refractivity contribution is 7.14. The Labute approximate surface area is 82.8 Å². The maximum Gasteiger partial charge on any atom is 0.345 e. The number of rotatable bonds is 1. The van der Waals surface area contributed by atoms with Gasteiger partial charge in [0.05, 0.1) is 0 Å². The van der Waals surface area contributed by atoms with Gasteiger partial charge in [0.1, 0.15) is 16.8 Å². The average Bonchev–Trinajstić information content (AvgIpc) is 2.70. The van der Waals surface area contributed by atoms with E-state index in [-0.39, 0.29) is 0 Å². The highest BCUT2D eigenvalue weighted by atomic mass is 32.1. The van der Waals surface area contributed by atoms with Crippen molar-refractivity contribution < 1.29 is 14.4 Å². The first-order chi connectivity index (χ1) is 6.75. The van der Waals surface area contributed by atoms with Crippen molar-refractivity contribution in [3.8, 4) is 11.3 Å². The van der Waals surface area contributed by atoms with Gasteiger partial charge in [0, 0.05) is 22.4 Å². The van der Waals surface area contributed by atoms with E-state index in [1.807, 2.05) is 0 Å². The van der Waals surface area contributed by atoms with Gasteiger partial charge < -0.3 is 9.63 Å². The lowest BCUT2D eigenvalue weighted by molar-refractivity contribution is 0.0702. The van der Waals surface area contributed by atoms with Gasteiger partial charge in [-0.2, -0.15) is 0 Å². The van der Waals surface area contributed by atoms with E-state index in [1.165, 1.54) is 11.3 Å². The Hall–Kier alpha value is -1.62. The van der Waals surface area contributed by atoms with Crippen molar-refractivity contribution in [2.75, 3.05) is 0 Å². The molecule has 0 unspecified atom stereocenters. The predicted octanol–water partition coefficient (Wildman–Crippen LogP) is 2.01. The molecule has 0 aromatic carbocycles. The Morgan fingerprint density at radius 2 is 2.50 bits per heavy atom. The average molecular weight is 207 g/mol. The van der Waals surface area contributed by atoms with Gasteiger partial charge in [-0.15, -0.1) is 11.3 Å². The minimum absolute atomic E-state index is 0.364. The first kappa shape index (κ1) is 7.75. The fourth-order valence-electron chi connectivity index (χ4n) is 1.64. The van der Waals surface area contributed by atoms with Crippen molar-refractivity contribution in [1.82, 2.24) is 5.16 Å². The summed E-state index contributed by atoms with van der Waals surface area (Å²) in [7, 11) is 0. The van der Waals surface area contributed by atoms with Gasteiger partial charge in [0.25, 0.3) is 0 Å². The lowest BCUT2D eigenvalue weighted by atomic mass is 10.2. The van der Waals surface area contributed by atoms with Crippen LogP contribution in [0.15, 0.2) is 16.9 Å². The number of carboxylic acids is 1. The number of aromatic nitrogens is 1. The number of carboxylic acid groups (broad SMARTS) is 1. The van der Waals surface area contributed by atoms with E-state index in [4.69, 9.17) is 9.63 Å². The Bertz CT molecular complexity index is 526. The molecule has 2 aromatic rings. The summed E-state index contributed by atoms with van der Waals surface area (Å²) in [6.45, 7) is 0. The second-order valence-electron chi connectivity index (χ2n) is 3.12. The van der Waals surface area contributed by atoms with Crippen molar-refractivity contribution in [2.24, 2.45) is 0 Å². The highest BCUT2D eigenvalue weighted by Gasteiger charge is 2.26. The number of fused-ring (bicyclic) bond motifs is 3. The van der Waals surface area contributed by atoms with Gasteiger partial charge in [-0.25, -0.2) is 4.79 Å². The maximum atomic E-state index is 10.7. The van der Waals surface area contributed by atoms with Crippen LogP contribution in [0.4, 0.5) is 0 Å². The summed E-state index contributed by atoms with van der Waals surface area (Å²) in [5, 5.41) is 12.7. The van der Waals surface area contributed by atoms with Crippen LogP contribution in [0.5, 0.6) is 0 Å². The van der Waals surface area contributed by atoms with E-state index < -0.39 is 5.97 Å². The molecule has 70 valence electrons. The second kappa shape index (κ2) is 2.45. The standard InChI is InChI=1S/C9H5NO3S/c11-9(12)7-2-5-6(14-7)1-4-3-13-10-8(4)5/h2-3H,1H2,(H,11,12). The molecule has 5 heteroatoms. The molecule has 0 saturated carbocycles. The molecular weight excluding hydrogens is 202 g/mol. The molecule has 0 radical (unpaired) electrons. The first-order valence-electron chi connectivity index (χ1n) is 4.05. The van der Waals surface area contributed by atoms with Crippen LogP contribution in [-0.2, 0) is 6.42 Å². The quantitative estimate of drug-likeness (QED) is 0.662. The molecule has 2 aromatic heterocycles. The Kier molecular flexibility index (Phi) is 1.36. The molecule has 0 spiro atoms. The maximum absolute atomic E-state index is 10.7. The minimum atomic E-state index is -0.880. The molecule has 2 heterocycles. The zero-order valence-electron chi connectivity index (χ0n) is 6.98. The monoisotopic (exact) mass is 207 g/mol. The van der Waals surface area contributed by atoms with Crippen molar-refractivity contribution in [2.45, 2.75) is 6.42 Å². The summed E-state index contributed by atoms with van der Waals surface area (Å²) in [5.74, 6) is -0.880. The van der Waals surface area contributed by atoms with Crippen molar-refractivity contribution in [1.29, 1.82) is 0 Å². The summed E-state index contributed by atoms with van der Waals surface area (Å²) in [6.07, 6.45) is 2.36. The van der Waals surface area contributed by atoms with Crippen LogP contribution < -0.4 is 0 Å². The van der Waals surface area contributed by atoms with Crippen molar-refractivity contribution in [3.63, 3.8) is 0 Å². The van der Waals surface area contributed by atoms with Crippen LogP contribution in [-0.4, -0.2) is 16.2 Å². The van der Waals surface area contributed by atoms with Crippen LogP contribution in [0.25, 0.3) is 11.3 Å². The van der Waals surface area contributed by atoms with Gasteiger partial charge in [0.15, 0.2) is 0 Å². The normalized spacial score (nSPS) is 12.6. The molecule has 3 rings (SSSR count). The SMILES string of the molecule is O=C(O)c1cc2c(s1)Cc1conc1-2. The zero-order valence-corrected chi connectivity index (χ0v) is 7.80. The fraction of sp³-hybridized carbons (Fsp3) is 0.111. The number of aromatic carboxylic acids is 1. The number of hydrogen-bond donors (Lipinski definition) is 1. The number of nitrogens with zero attached hydrogens (tertiary/aromatic N) is 1. The zero-order chi connectivity index (χ0) is 9.71. The van der Waals surface area contributed by atoms with E-state index in [0.717, 1.165) is 28.1 Å². The van der Waals surface area contributed by atoms with Crippen LogP contribution in [0.2, 0.25) is 0 Å². The second-order valence-corrected chi connectivity index (χ2v) is 4.25.